The zero-order valence-electron chi connectivity index (χ0n) is 11.1. The van der Waals surface area contributed by atoms with Gasteiger partial charge in [-0.1, -0.05) is 5.57 Å². The van der Waals surface area contributed by atoms with E-state index in [1.54, 1.807) is 25.1 Å². The van der Waals surface area contributed by atoms with E-state index in [1.807, 2.05) is 13.8 Å². The second kappa shape index (κ2) is 5.14. The van der Waals surface area contributed by atoms with E-state index in [2.05, 4.69) is 10.6 Å². The number of carbonyl (C=O) groups excluding carboxylic acids is 2. The van der Waals surface area contributed by atoms with Crippen LogP contribution in [0.1, 0.15) is 20.8 Å². The Hall–Kier alpha value is -2.30. The molecule has 1 aliphatic rings. The molecule has 1 aromatic rings. The maximum absolute atomic E-state index is 11.6. The molecule has 2 rings (SSSR count). The largest absolute Gasteiger partial charge is 0.479 e. The number of fused-ring (bicyclic) bond motifs is 1. The average molecular weight is 260 g/mol. The molecular weight excluding hydrogens is 244 g/mol. The predicted octanol–water partition coefficient (Wildman–Crippen LogP) is 2.31. The van der Waals surface area contributed by atoms with E-state index in [1.165, 1.54) is 6.08 Å². The van der Waals surface area contributed by atoms with E-state index in [0.29, 0.717) is 17.1 Å². The molecule has 0 aromatic heterocycles. The Morgan fingerprint density at radius 3 is 2.84 bits per heavy atom. The number of allylic oxidation sites excluding steroid dienone is 1. The van der Waals surface area contributed by atoms with Gasteiger partial charge in [-0.15, -0.1) is 0 Å². The number of anilines is 2. The minimum atomic E-state index is -0.501. The molecule has 0 bridgehead atoms. The van der Waals surface area contributed by atoms with Crippen LogP contribution in [0.25, 0.3) is 0 Å². The van der Waals surface area contributed by atoms with Gasteiger partial charge >= 0.3 is 0 Å². The van der Waals surface area contributed by atoms with Crippen LogP contribution in [-0.4, -0.2) is 17.9 Å². The third-order valence-electron chi connectivity index (χ3n) is 2.60. The van der Waals surface area contributed by atoms with Crippen LogP contribution in [0.3, 0.4) is 0 Å². The molecule has 1 heterocycles. The fourth-order valence-electron chi connectivity index (χ4n) is 1.73. The van der Waals surface area contributed by atoms with Crippen molar-refractivity contribution in [3.05, 3.63) is 29.8 Å². The van der Waals surface area contributed by atoms with E-state index in [4.69, 9.17) is 4.74 Å². The van der Waals surface area contributed by atoms with Crippen molar-refractivity contribution < 1.29 is 14.3 Å². The summed E-state index contributed by atoms with van der Waals surface area (Å²) >= 11 is 0. The Labute approximate surface area is 111 Å². The van der Waals surface area contributed by atoms with E-state index in [9.17, 15) is 9.59 Å². The highest BCUT2D eigenvalue weighted by molar-refractivity contribution is 6.02. The first-order valence-corrected chi connectivity index (χ1v) is 6.03. The Kier molecular flexibility index (Phi) is 3.55. The van der Waals surface area contributed by atoms with Crippen LogP contribution in [0, 0.1) is 0 Å². The standard InChI is InChI=1S/C14H16N2O3/c1-8(2)6-13(17)15-10-4-5-12-11(7-10)16-14(18)9(3)19-12/h4-7,9H,1-3H3,(H,15,17)(H,16,18). The molecule has 2 N–H and O–H groups in total. The lowest BCUT2D eigenvalue weighted by Gasteiger charge is -2.23. The Morgan fingerprint density at radius 1 is 1.42 bits per heavy atom. The van der Waals surface area contributed by atoms with Gasteiger partial charge in [0.2, 0.25) is 5.91 Å². The highest BCUT2D eigenvalue weighted by Crippen LogP contribution is 2.32. The molecule has 19 heavy (non-hydrogen) atoms. The summed E-state index contributed by atoms with van der Waals surface area (Å²) in [4.78, 5) is 23.1. The number of amides is 2. The van der Waals surface area contributed by atoms with Crippen molar-refractivity contribution >= 4 is 23.2 Å². The van der Waals surface area contributed by atoms with Gasteiger partial charge in [0.25, 0.3) is 5.91 Å². The van der Waals surface area contributed by atoms with Crippen molar-refractivity contribution in [2.45, 2.75) is 26.9 Å². The van der Waals surface area contributed by atoms with E-state index in [-0.39, 0.29) is 11.8 Å². The summed E-state index contributed by atoms with van der Waals surface area (Å²) < 4.78 is 5.43. The quantitative estimate of drug-likeness (QED) is 0.802. The lowest BCUT2D eigenvalue weighted by molar-refractivity contribution is -0.122. The van der Waals surface area contributed by atoms with Crippen molar-refractivity contribution in [1.29, 1.82) is 0 Å². The predicted molar refractivity (Wildman–Crippen MR) is 73.2 cm³/mol. The van der Waals surface area contributed by atoms with Crippen molar-refractivity contribution in [2.75, 3.05) is 10.6 Å². The molecular formula is C14H16N2O3. The summed E-state index contributed by atoms with van der Waals surface area (Å²) in [5.41, 5.74) is 2.10. The first kappa shape index (κ1) is 13.1. The molecule has 0 saturated carbocycles. The van der Waals surface area contributed by atoms with E-state index in [0.717, 1.165) is 5.57 Å². The summed E-state index contributed by atoms with van der Waals surface area (Å²) in [5.74, 6) is 0.212. The molecule has 2 amide bonds. The Balaban J connectivity index is 2.18. The number of carbonyl (C=O) groups is 2. The summed E-state index contributed by atoms with van der Waals surface area (Å²) in [7, 11) is 0. The maximum atomic E-state index is 11.6. The Morgan fingerprint density at radius 2 is 2.16 bits per heavy atom. The molecule has 0 saturated heterocycles. The van der Waals surface area contributed by atoms with Crippen molar-refractivity contribution in [2.24, 2.45) is 0 Å². The van der Waals surface area contributed by atoms with Gasteiger partial charge in [-0.25, -0.2) is 0 Å². The Bertz CT molecular complexity index is 560. The summed E-state index contributed by atoms with van der Waals surface area (Å²) in [6, 6.07) is 5.14. The van der Waals surface area contributed by atoms with Crippen LogP contribution in [0.5, 0.6) is 5.75 Å². The normalized spacial score (nSPS) is 16.8. The van der Waals surface area contributed by atoms with Crippen LogP contribution >= 0.6 is 0 Å². The molecule has 5 heteroatoms. The number of nitrogens with one attached hydrogen (secondary N) is 2. The molecule has 5 nitrogen and oxygen atoms in total. The second-order valence-electron chi connectivity index (χ2n) is 4.67. The molecule has 1 unspecified atom stereocenters. The average Bonchev–Trinajstić information content (AvgIpc) is 2.30. The molecule has 1 atom stereocenters. The van der Waals surface area contributed by atoms with Gasteiger partial charge in [0.05, 0.1) is 5.69 Å². The molecule has 1 aromatic carbocycles. The van der Waals surface area contributed by atoms with Gasteiger partial charge in [-0.05, 0) is 39.0 Å². The minimum absolute atomic E-state index is 0.194. The lowest BCUT2D eigenvalue weighted by Crippen LogP contribution is -2.34. The van der Waals surface area contributed by atoms with Gasteiger partial charge in [-0.3, -0.25) is 9.59 Å². The van der Waals surface area contributed by atoms with Crippen molar-refractivity contribution in [1.82, 2.24) is 0 Å². The first-order chi connectivity index (χ1) is 8.95. The van der Waals surface area contributed by atoms with Crippen LogP contribution in [0.2, 0.25) is 0 Å². The summed E-state index contributed by atoms with van der Waals surface area (Å²) in [5, 5.41) is 5.46. The molecule has 0 spiro atoms. The number of ether oxygens (including phenoxy) is 1. The number of hydrogen-bond acceptors (Lipinski definition) is 3. The lowest BCUT2D eigenvalue weighted by atomic mass is 10.2. The third kappa shape index (κ3) is 3.13. The summed E-state index contributed by atoms with van der Waals surface area (Å²) in [6.07, 6.45) is 1.01. The molecule has 0 fully saturated rings. The number of benzene rings is 1. The molecule has 1 aliphatic heterocycles. The van der Waals surface area contributed by atoms with Crippen LogP contribution in [0.15, 0.2) is 29.8 Å². The smallest absolute Gasteiger partial charge is 0.265 e. The number of hydrogen-bond donors (Lipinski definition) is 2. The van der Waals surface area contributed by atoms with Crippen molar-refractivity contribution in [3.8, 4) is 5.75 Å². The zero-order chi connectivity index (χ0) is 14.0. The molecule has 0 aliphatic carbocycles. The molecule has 0 radical (unpaired) electrons. The van der Waals surface area contributed by atoms with Gasteiger partial charge < -0.3 is 15.4 Å². The zero-order valence-corrected chi connectivity index (χ0v) is 11.1. The first-order valence-electron chi connectivity index (χ1n) is 6.03. The highest BCUT2D eigenvalue weighted by Gasteiger charge is 2.23. The number of rotatable bonds is 2. The third-order valence-corrected chi connectivity index (χ3v) is 2.60. The highest BCUT2D eigenvalue weighted by atomic mass is 16.5. The van der Waals surface area contributed by atoms with Crippen LogP contribution < -0.4 is 15.4 Å². The van der Waals surface area contributed by atoms with Crippen LogP contribution in [0.4, 0.5) is 11.4 Å². The second-order valence-corrected chi connectivity index (χ2v) is 4.67. The topological polar surface area (TPSA) is 67.4 Å². The van der Waals surface area contributed by atoms with Crippen molar-refractivity contribution in [3.63, 3.8) is 0 Å². The van der Waals surface area contributed by atoms with Gasteiger partial charge in [0, 0.05) is 11.8 Å². The summed E-state index contributed by atoms with van der Waals surface area (Å²) in [6.45, 7) is 5.38. The van der Waals surface area contributed by atoms with Gasteiger partial charge in [-0.2, -0.15) is 0 Å². The van der Waals surface area contributed by atoms with Gasteiger partial charge in [0.1, 0.15) is 5.75 Å². The SMILES string of the molecule is CC(C)=CC(=O)Nc1ccc2c(c1)NC(=O)C(C)O2. The fraction of sp³-hybridized carbons (Fsp3) is 0.286. The van der Waals surface area contributed by atoms with E-state index >= 15 is 0 Å². The van der Waals surface area contributed by atoms with Gasteiger partial charge in [0.15, 0.2) is 6.10 Å². The molecule has 100 valence electrons. The fourth-order valence-corrected chi connectivity index (χ4v) is 1.73. The maximum Gasteiger partial charge on any atom is 0.265 e. The van der Waals surface area contributed by atoms with E-state index < -0.39 is 6.10 Å². The monoisotopic (exact) mass is 260 g/mol. The minimum Gasteiger partial charge on any atom is -0.479 e. The van der Waals surface area contributed by atoms with Crippen LogP contribution in [-0.2, 0) is 9.59 Å².